The van der Waals surface area contributed by atoms with Gasteiger partial charge in [-0.05, 0) is 13.3 Å². The third-order valence-corrected chi connectivity index (χ3v) is 6.24. The highest BCUT2D eigenvalue weighted by Crippen LogP contribution is 2.26. The lowest BCUT2D eigenvalue weighted by Crippen LogP contribution is -2.56. The number of piperazine rings is 1. The van der Waals surface area contributed by atoms with E-state index in [0.717, 1.165) is 18.7 Å². The van der Waals surface area contributed by atoms with E-state index in [1.54, 1.807) is 6.07 Å². The molecule has 1 saturated heterocycles. The molecule has 7 nitrogen and oxygen atoms in total. The maximum Gasteiger partial charge on any atom is 0.230 e. The Morgan fingerprint density at radius 3 is 2.61 bits per heavy atom. The summed E-state index contributed by atoms with van der Waals surface area (Å²) in [5.74, 6) is 1.14. The second kappa shape index (κ2) is 11.9. The van der Waals surface area contributed by atoms with Crippen molar-refractivity contribution in [1.29, 1.82) is 0 Å². The zero-order chi connectivity index (χ0) is 23.0. The summed E-state index contributed by atoms with van der Waals surface area (Å²) in [6.45, 7) is 12.8. The summed E-state index contributed by atoms with van der Waals surface area (Å²) in [5.41, 5.74) is -0.394. The van der Waals surface area contributed by atoms with Gasteiger partial charge in [-0.2, -0.15) is 0 Å². The van der Waals surface area contributed by atoms with Gasteiger partial charge in [-0.15, -0.1) is 0 Å². The van der Waals surface area contributed by atoms with E-state index in [1.807, 2.05) is 25.7 Å². The summed E-state index contributed by atoms with van der Waals surface area (Å²) in [6, 6.07) is 1.82. The second-order valence-electron chi connectivity index (χ2n) is 9.07. The number of aromatic nitrogens is 2. The molecule has 0 spiro atoms. The smallest absolute Gasteiger partial charge is 0.230 e. The summed E-state index contributed by atoms with van der Waals surface area (Å²) < 4.78 is 0. The Balaban J connectivity index is 1.91. The van der Waals surface area contributed by atoms with E-state index < -0.39 is 5.41 Å². The molecule has 174 valence electrons. The van der Waals surface area contributed by atoms with Crippen molar-refractivity contribution in [2.45, 2.75) is 71.5 Å². The quantitative estimate of drug-likeness (QED) is 0.255. The summed E-state index contributed by atoms with van der Waals surface area (Å²) >= 11 is 7.52. The normalized spacial score (nSPS) is 17.0. The third-order valence-electron chi connectivity index (χ3n) is 5.20. The van der Waals surface area contributed by atoms with Crippen molar-refractivity contribution in [2.24, 2.45) is 5.41 Å². The van der Waals surface area contributed by atoms with Gasteiger partial charge < -0.3 is 15.1 Å². The second-order valence-corrected chi connectivity index (χ2v) is 10.4. The van der Waals surface area contributed by atoms with Crippen molar-refractivity contribution in [3.8, 4) is 0 Å². The summed E-state index contributed by atoms with van der Waals surface area (Å²) in [4.78, 5) is 37.7. The Labute approximate surface area is 195 Å². The van der Waals surface area contributed by atoms with E-state index in [2.05, 4.69) is 34.0 Å². The van der Waals surface area contributed by atoms with Crippen LogP contribution < -0.4 is 10.2 Å². The van der Waals surface area contributed by atoms with Gasteiger partial charge in [0.2, 0.25) is 11.8 Å². The molecule has 0 radical (unpaired) electrons. The Morgan fingerprint density at radius 2 is 1.97 bits per heavy atom. The number of thioether (sulfide) groups is 1. The van der Waals surface area contributed by atoms with E-state index in [1.165, 1.54) is 24.6 Å². The van der Waals surface area contributed by atoms with Gasteiger partial charge in [0, 0.05) is 43.7 Å². The van der Waals surface area contributed by atoms with E-state index in [0.29, 0.717) is 36.5 Å². The van der Waals surface area contributed by atoms with E-state index >= 15 is 0 Å². The van der Waals surface area contributed by atoms with Crippen molar-refractivity contribution >= 4 is 41.0 Å². The summed E-state index contributed by atoms with van der Waals surface area (Å²) in [7, 11) is 0. The van der Waals surface area contributed by atoms with E-state index in [9.17, 15) is 9.59 Å². The van der Waals surface area contributed by atoms with Crippen molar-refractivity contribution in [3.63, 3.8) is 0 Å². The van der Waals surface area contributed by atoms with Crippen LogP contribution in [-0.2, 0) is 9.59 Å². The van der Waals surface area contributed by atoms with Crippen LogP contribution in [0.4, 0.5) is 5.82 Å². The minimum absolute atomic E-state index is 0.0189. The molecule has 0 aromatic carbocycles. The highest BCUT2D eigenvalue weighted by Gasteiger charge is 2.34. The Bertz CT molecular complexity index is 756. The molecule has 9 heteroatoms. The van der Waals surface area contributed by atoms with Crippen LogP contribution in [0.2, 0.25) is 5.15 Å². The van der Waals surface area contributed by atoms with Gasteiger partial charge in [-0.3, -0.25) is 9.59 Å². The van der Waals surface area contributed by atoms with Crippen LogP contribution in [0, 0.1) is 5.41 Å². The standard InChI is InChI=1S/C22H36ClN5O2S/c1-6-7-8-9-10-24-19(29)15-31-21-25-17(23)13-18(26-21)27-11-12-28(16(2)14-27)20(30)22(3,4)5/h13,16H,6-12,14-15H2,1-5H3,(H,24,29). The number of anilines is 1. The van der Waals surface area contributed by atoms with Gasteiger partial charge in [-0.1, -0.05) is 70.3 Å². The number of nitrogens with one attached hydrogen (secondary N) is 1. The first-order valence-electron chi connectivity index (χ1n) is 11.1. The van der Waals surface area contributed by atoms with Crippen molar-refractivity contribution in [3.05, 3.63) is 11.2 Å². The molecule has 2 amide bonds. The topological polar surface area (TPSA) is 78.4 Å². The predicted molar refractivity (Wildman–Crippen MR) is 128 cm³/mol. The van der Waals surface area contributed by atoms with Crippen molar-refractivity contribution < 1.29 is 9.59 Å². The van der Waals surface area contributed by atoms with Gasteiger partial charge in [0.25, 0.3) is 0 Å². The number of hydrogen-bond acceptors (Lipinski definition) is 6. The average molecular weight is 470 g/mol. The molecular weight excluding hydrogens is 434 g/mol. The van der Waals surface area contributed by atoms with Crippen LogP contribution in [-0.4, -0.2) is 64.7 Å². The number of halogens is 1. The van der Waals surface area contributed by atoms with Crippen LogP contribution in [0.25, 0.3) is 0 Å². The highest BCUT2D eigenvalue weighted by molar-refractivity contribution is 7.99. The maximum atomic E-state index is 12.7. The molecule has 1 aliphatic heterocycles. The monoisotopic (exact) mass is 469 g/mol. The lowest BCUT2D eigenvalue weighted by atomic mass is 9.93. The molecule has 2 heterocycles. The molecule has 0 saturated carbocycles. The van der Waals surface area contributed by atoms with Gasteiger partial charge in [-0.25, -0.2) is 9.97 Å². The number of carbonyl (C=O) groups excluding carboxylic acids is 2. The molecule has 1 aromatic heterocycles. The van der Waals surface area contributed by atoms with Crippen LogP contribution in [0.1, 0.15) is 60.3 Å². The van der Waals surface area contributed by atoms with Crippen molar-refractivity contribution in [1.82, 2.24) is 20.2 Å². The fourth-order valence-corrected chi connectivity index (χ4v) is 4.38. The Morgan fingerprint density at radius 1 is 1.23 bits per heavy atom. The minimum Gasteiger partial charge on any atom is -0.355 e. The van der Waals surface area contributed by atoms with E-state index in [4.69, 9.17) is 11.6 Å². The van der Waals surface area contributed by atoms with Crippen LogP contribution in [0.15, 0.2) is 11.2 Å². The van der Waals surface area contributed by atoms with Crippen LogP contribution in [0.3, 0.4) is 0 Å². The Hall–Kier alpha value is -1.54. The molecule has 1 fully saturated rings. The SMILES string of the molecule is CCCCCCNC(=O)CSc1nc(Cl)cc(N2CCN(C(=O)C(C)(C)C)C(C)C2)n1. The fourth-order valence-electron chi connectivity index (χ4n) is 3.47. The first-order chi connectivity index (χ1) is 14.6. The van der Waals surface area contributed by atoms with Crippen molar-refractivity contribution in [2.75, 3.05) is 36.8 Å². The molecule has 1 atom stereocenters. The van der Waals surface area contributed by atoms with Gasteiger partial charge in [0.1, 0.15) is 11.0 Å². The van der Waals surface area contributed by atoms with Gasteiger partial charge in [0.15, 0.2) is 5.16 Å². The molecule has 31 heavy (non-hydrogen) atoms. The van der Waals surface area contributed by atoms with Crippen LogP contribution >= 0.6 is 23.4 Å². The first-order valence-corrected chi connectivity index (χ1v) is 12.5. The number of amides is 2. The zero-order valence-corrected chi connectivity index (χ0v) is 21.0. The number of hydrogen-bond donors (Lipinski definition) is 1. The molecular formula is C22H36ClN5O2S. The highest BCUT2D eigenvalue weighted by atomic mass is 35.5. The molecule has 2 rings (SSSR count). The molecule has 1 N–H and O–H groups in total. The first kappa shape index (κ1) is 25.7. The number of nitrogens with zero attached hydrogens (tertiary/aromatic N) is 4. The lowest BCUT2D eigenvalue weighted by Gasteiger charge is -2.42. The number of rotatable bonds is 9. The molecule has 1 unspecified atom stereocenters. The molecule has 0 aliphatic carbocycles. The number of carbonyl (C=O) groups is 2. The third kappa shape index (κ3) is 8.15. The van der Waals surface area contributed by atoms with E-state index in [-0.39, 0.29) is 23.6 Å². The maximum absolute atomic E-state index is 12.7. The summed E-state index contributed by atoms with van der Waals surface area (Å²) in [5, 5.41) is 3.79. The predicted octanol–water partition coefficient (Wildman–Crippen LogP) is 4.00. The summed E-state index contributed by atoms with van der Waals surface area (Å²) in [6.07, 6.45) is 4.52. The lowest BCUT2D eigenvalue weighted by molar-refractivity contribution is -0.142. The van der Waals surface area contributed by atoms with Gasteiger partial charge >= 0.3 is 0 Å². The Kier molecular flexibility index (Phi) is 9.88. The number of unbranched alkanes of at least 4 members (excludes halogenated alkanes) is 3. The largest absolute Gasteiger partial charge is 0.355 e. The minimum atomic E-state index is -0.394. The van der Waals surface area contributed by atoms with Crippen LogP contribution in [0.5, 0.6) is 0 Å². The fraction of sp³-hybridized carbons (Fsp3) is 0.727. The molecule has 1 aliphatic rings. The zero-order valence-electron chi connectivity index (χ0n) is 19.4. The molecule has 0 bridgehead atoms. The average Bonchev–Trinajstić information content (AvgIpc) is 2.70. The van der Waals surface area contributed by atoms with Gasteiger partial charge in [0.05, 0.1) is 5.75 Å². The molecule has 1 aromatic rings.